The number of unbranched alkanes of at least 4 members (excludes halogenated alkanes) is 10. The largest absolute Gasteiger partial charge is 0.312 e. The fraction of sp³-hybridized carbons (Fsp3) is 0.875. The molecule has 0 aliphatic heterocycles. The van der Waals surface area contributed by atoms with Crippen molar-refractivity contribution < 1.29 is 0 Å². The highest BCUT2D eigenvalue weighted by Crippen LogP contribution is 2.11. The van der Waals surface area contributed by atoms with Gasteiger partial charge in [0.05, 0.1) is 6.67 Å². The SMILES string of the molecule is CCCCCCCCCCCCCc1ncn(CN)n1. The predicted molar refractivity (Wildman–Crippen MR) is 84.4 cm³/mol. The normalized spacial score (nSPS) is 11.1. The molecule has 4 nitrogen and oxygen atoms in total. The standard InChI is InChI=1S/C16H32N4/c1-2-3-4-5-6-7-8-9-10-11-12-13-16-18-15-20(14-17)19-16/h15H,2-14,17H2,1H3. The number of nitrogens with zero attached hydrogens (tertiary/aromatic N) is 3. The maximum Gasteiger partial charge on any atom is 0.150 e. The molecule has 0 saturated heterocycles. The quantitative estimate of drug-likeness (QED) is 0.555. The fourth-order valence-electron chi connectivity index (χ4n) is 2.48. The van der Waals surface area contributed by atoms with Crippen LogP contribution in [0.15, 0.2) is 6.33 Å². The number of aryl methyl sites for hydroxylation is 1. The molecule has 20 heavy (non-hydrogen) atoms. The minimum Gasteiger partial charge on any atom is -0.312 e. The summed E-state index contributed by atoms with van der Waals surface area (Å²) in [5, 5.41) is 4.29. The molecule has 0 aliphatic carbocycles. The van der Waals surface area contributed by atoms with Crippen LogP contribution in [0.3, 0.4) is 0 Å². The van der Waals surface area contributed by atoms with E-state index in [0.717, 1.165) is 12.2 Å². The lowest BCUT2D eigenvalue weighted by atomic mass is 10.1. The van der Waals surface area contributed by atoms with Gasteiger partial charge in [0.15, 0.2) is 5.82 Å². The van der Waals surface area contributed by atoms with E-state index in [1.165, 1.54) is 70.6 Å². The number of nitrogens with two attached hydrogens (primary N) is 1. The Balaban J connectivity index is 1.83. The van der Waals surface area contributed by atoms with Gasteiger partial charge in [0, 0.05) is 6.42 Å². The lowest BCUT2D eigenvalue weighted by Crippen LogP contribution is -2.07. The highest BCUT2D eigenvalue weighted by Gasteiger charge is 1.99. The van der Waals surface area contributed by atoms with Crippen molar-refractivity contribution >= 4 is 0 Å². The minimum atomic E-state index is 0.422. The van der Waals surface area contributed by atoms with Gasteiger partial charge >= 0.3 is 0 Å². The van der Waals surface area contributed by atoms with E-state index in [2.05, 4.69) is 17.0 Å². The Labute approximate surface area is 124 Å². The van der Waals surface area contributed by atoms with Crippen LogP contribution in [0.4, 0.5) is 0 Å². The highest BCUT2D eigenvalue weighted by molar-refractivity contribution is 4.81. The molecule has 0 saturated carbocycles. The Hall–Kier alpha value is -0.900. The summed E-state index contributed by atoms with van der Waals surface area (Å²) in [5.74, 6) is 0.936. The molecule has 1 aromatic rings. The van der Waals surface area contributed by atoms with Crippen LogP contribution in [0, 0.1) is 0 Å². The van der Waals surface area contributed by atoms with E-state index in [1.54, 1.807) is 11.0 Å². The molecule has 0 aromatic carbocycles. The Morgan fingerprint density at radius 1 is 0.900 bits per heavy atom. The second kappa shape index (κ2) is 11.9. The summed E-state index contributed by atoms with van der Waals surface area (Å²) in [5.41, 5.74) is 5.48. The first-order chi connectivity index (χ1) is 9.86. The third-order valence-electron chi connectivity index (χ3n) is 3.77. The molecule has 4 heteroatoms. The molecule has 0 aliphatic rings. The summed E-state index contributed by atoms with van der Waals surface area (Å²) in [6, 6.07) is 0. The Morgan fingerprint density at radius 3 is 1.95 bits per heavy atom. The van der Waals surface area contributed by atoms with Crippen LogP contribution in [-0.4, -0.2) is 14.8 Å². The Kier molecular flexibility index (Phi) is 10.2. The summed E-state index contributed by atoms with van der Waals surface area (Å²) < 4.78 is 1.69. The van der Waals surface area contributed by atoms with E-state index in [-0.39, 0.29) is 0 Å². The zero-order chi connectivity index (χ0) is 14.5. The molecular weight excluding hydrogens is 248 g/mol. The summed E-state index contributed by atoms with van der Waals surface area (Å²) in [7, 11) is 0. The molecule has 0 fully saturated rings. The first kappa shape index (κ1) is 17.2. The van der Waals surface area contributed by atoms with Crippen molar-refractivity contribution in [2.75, 3.05) is 0 Å². The smallest absolute Gasteiger partial charge is 0.150 e. The molecule has 1 heterocycles. The monoisotopic (exact) mass is 280 g/mol. The molecule has 116 valence electrons. The van der Waals surface area contributed by atoms with Crippen LogP contribution in [-0.2, 0) is 13.1 Å². The maximum atomic E-state index is 5.48. The summed E-state index contributed by atoms with van der Waals surface area (Å²) in [6.07, 6.45) is 17.8. The van der Waals surface area contributed by atoms with Crippen LogP contribution in [0.2, 0.25) is 0 Å². The van der Waals surface area contributed by atoms with Crippen molar-refractivity contribution in [3.8, 4) is 0 Å². The third kappa shape index (κ3) is 8.31. The van der Waals surface area contributed by atoms with Crippen molar-refractivity contribution in [2.24, 2.45) is 5.73 Å². The van der Waals surface area contributed by atoms with Gasteiger partial charge in [-0.1, -0.05) is 71.1 Å². The van der Waals surface area contributed by atoms with E-state index in [0.29, 0.717) is 6.67 Å². The zero-order valence-corrected chi connectivity index (χ0v) is 13.2. The van der Waals surface area contributed by atoms with Crippen LogP contribution in [0.1, 0.15) is 83.4 Å². The first-order valence-corrected chi connectivity index (χ1v) is 8.45. The van der Waals surface area contributed by atoms with Gasteiger partial charge in [-0.3, -0.25) is 0 Å². The average molecular weight is 280 g/mol. The zero-order valence-electron chi connectivity index (χ0n) is 13.2. The predicted octanol–water partition coefficient (Wildman–Crippen LogP) is 4.05. The molecule has 1 aromatic heterocycles. The average Bonchev–Trinajstić information content (AvgIpc) is 2.93. The molecular formula is C16H32N4. The number of hydrogen-bond acceptors (Lipinski definition) is 3. The van der Waals surface area contributed by atoms with Crippen molar-refractivity contribution in [1.29, 1.82) is 0 Å². The molecule has 0 radical (unpaired) electrons. The number of hydrogen-bond donors (Lipinski definition) is 1. The molecule has 0 amide bonds. The third-order valence-corrected chi connectivity index (χ3v) is 3.77. The maximum absolute atomic E-state index is 5.48. The van der Waals surface area contributed by atoms with Crippen LogP contribution in [0.25, 0.3) is 0 Å². The Bertz CT molecular complexity index is 322. The summed E-state index contributed by atoms with van der Waals surface area (Å²) in [4.78, 5) is 4.24. The van der Waals surface area contributed by atoms with E-state index in [1.807, 2.05) is 0 Å². The van der Waals surface area contributed by atoms with Gasteiger partial charge in [0.2, 0.25) is 0 Å². The number of aromatic nitrogens is 3. The van der Waals surface area contributed by atoms with Gasteiger partial charge < -0.3 is 5.73 Å². The second-order valence-corrected chi connectivity index (χ2v) is 5.67. The highest BCUT2D eigenvalue weighted by atomic mass is 15.3. The van der Waals surface area contributed by atoms with Gasteiger partial charge in [0.25, 0.3) is 0 Å². The molecule has 2 N–H and O–H groups in total. The van der Waals surface area contributed by atoms with E-state index >= 15 is 0 Å². The van der Waals surface area contributed by atoms with Gasteiger partial charge in [-0.25, -0.2) is 9.67 Å². The molecule has 0 atom stereocenters. The lowest BCUT2D eigenvalue weighted by molar-refractivity contribution is 0.546. The second-order valence-electron chi connectivity index (χ2n) is 5.67. The lowest BCUT2D eigenvalue weighted by Gasteiger charge is -2.02. The molecule has 0 spiro atoms. The van der Waals surface area contributed by atoms with Gasteiger partial charge in [-0.05, 0) is 6.42 Å². The minimum absolute atomic E-state index is 0.422. The van der Waals surface area contributed by atoms with Gasteiger partial charge in [0.1, 0.15) is 6.33 Å². The van der Waals surface area contributed by atoms with Crippen LogP contribution in [0.5, 0.6) is 0 Å². The van der Waals surface area contributed by atoms with Crippen LogP contribution >= 0.6 is 0 Å². The van der Waals surface area contributed by atoms with Gasteiger partial charge in [-0.15, -0.1) is 0 Å². The fourth-order valence-corrected chi connectivity index (χ4v) is 2.48. The van der Waals surface area contributed by atoms with Crippen molar-refractivity contribution in [3.05, 3.63) is 12.2 Å². The first-order valence-electron chi connectivity index (χ1n) is 8.45. The van der Waals surface area contributed by atoms with Gasteiger partial charge in [-0.2, -0.15) is 5.10 Å². The van der Waals surface area contributed by atoms with Crippen molar-refractivity contribution in [3.63, 3.8) is 0 Å². The van der Waals surface area contributed by atoms with Crippen molar-refractivity contribution in [1.82, 2.24) is 14.8 Å². The van der Waals surface area contributed by atoms with Crippen molar-refractivity contribution in [2.45, 2.75) is 90.6 Å². The van der Waals surface area contributed by atoms with E-state index < -0.39 is 0 Å². The molecule has 0 unspecified atom stereocenters. The Morgan fingerprint density at radius 2 is 1.45 bits per heavy atom. The molecule has 1 rings (SSSR count). The summed E-state index contributed by atoms with van der Waals surface area (Å²) in [6.45, 7) is 2.70. The topological polar surface area (TPSA) is 56.7 Å². The molecule has 0 bridgehead atoms. The number of rotatable bonds is 13. The van der Waals surface area contributed by atoms with E-state index in [4.69, 9.17) is 5.73 Å². The summed E-state index contributed by atoms with van der Waals surface area (Å²) >= 11 is 0. The van der Waals surface area contributed by atoms with E-state index in [9.17, 15) is 0 Å². The van der Waals surface area contributed by atoms with Crippen LogP contribution < -0.4 is 5.73 Å².